The molecule has 9 rings (SSSR count). The van der Waals surface area contributed by atoms with Crippen LogP contribution in [0.25, 0.3) is 85.9 Å². The fourth-order valence-electron chi connectivity index (χ4n) is 5.19. The molecule has 200 valence electrons. The monoisotopic (exact) mass is 587 g/mol. The summed E-state index contributed by atoms with van der Waals surface area (Å²) < 4.78 is 223. The van der Waals surface area contributed by atoms with Crippen LogP contribution in [0.4, 0.5) is 0 Å². The van der Waals surface area contributed by atoms with E-state index in [1.165, 1.54) is 0 Å². The predicted octanol–water partition coefficient (Wildman–Crippen LogP) is 12.5. The fraction of sp³-hybridized carbons (Fsp3) is 0. The second-order valence-corrected chi connectivity index (χ2v) is 10.4. The molecule has 0 N–H and O–H groups in total. The van der Waals surface area contributed by atoms with E-state index in [-0.39, 0.29) is 20.2 Å². The maximum absolute atomic E-state index is 9.52. The molecule has 1 heteroatoms. The van der Waals surface area contributed by atoms with E-state index in [9.17, 15) is 12.3 Å². The van der Waals surface area contributed by atoms with Gasteiger partial charge in [0.05, 0.1) is 34.3 Å². The maximum atomic E-state index is 9.52. The molecule has 0 nitrogen and oxygen atoms in total. The Balaban J connectivity index is 1.52. The van der Waals surface area contributed by atoms with Crippen LogP contribution in [-0.4, -0.2) is 0 Å². The molecule has 0 unspecified atom stereocenters. The van der Waals surface area contributed by atoms with Gasteiger partial charge in [-0.1, -0.05) is 139 Å². The summed E-state index contributed by atoms with van der Waals surface area (Å²) in [5, 5.41) is -3.68. The Hall–Kier alpha value is -5.24. The standard InChI is InChI=1S/C42H26S/c1-2-12-31-28(10-1)11-9-18-33(31)42-36-16-5-3-14-34(36)41(35-15-4-6-17-37(35)42)29-22-20-27(21-23-29)30-24-25-40-38(26-30)32-13-7-8-19-39(32)43-40/h1-26H/i1D,2D,3D,4D,5D,6D,7D,8D,9D,10D,11D,12D,13D,14D,16D,17D,18D,19D,20D,21D,22D,23D,24D,25D,26D. The maximum Gasteiger partial charge on any atom is 0.0638 e. The molecular formula is C42H26S. The topological polar surface area (TPSA) is 0 Å². The molecule has 0 amide bonds. The van der Waals surface area contributed by atoms with Gasteiger partial charge in [-0.3, -0.25) is 0 Å². The smallest absolute Gasteiger partial charge is 0.0638 e. The molecule has 1 heterocycles. The molecule has 0 aliphatic rings. The first-order valence-electron chi connectivity index (χ1n) is 25.2. The molecule has 0 aliphatic heterocycles. The van der Waals surface area contributed by atoms with Crippen LogP contribution in [0.2, 0.25) is 0 Å². The van der Waals surface area contributed by atoms with Crippen molar-refractivity contribution in [2.24, 2.45) is 0 Å². The largest absolute Gasteiger partial charge is 0.135 e. The highest BCUT2D eigenvalue weighted by Gasteiger charge is 2.18. The first-order chi connectivity index (χ1) is 31.7. The van der Waals surface area contributed by atoms with E-state index in [2.05, 4.69) is 0 Å². The summed E-state index contributed by atoms with van der Waals surface area (Å²) in [6.45, 7) is 0. The third-order valence-corrected chi connectivity index (χ3v) is 8.05. The van der Waals surface area contributed by atoms with E-state index in [1.807, 2.05) is 0 Å². The van der Waals surface area contributed by atoms with Crippen LogP contribution in [0.5, 0.6) is 0 Å². The summed E-state index contributed by atoms with van der Waals surface area (Å²) in [7, 11) is 0. The quantitative estimate of drug-likeness (QED) is 0.180. The summed E-state index contributed by atoms with van der Waals surface area (Å²) in [6.07, 6.45) is 0. The molecular weight excluding hydrogens is 537 g/mol. The van der Waals surface area contributed by atoms with Gasteiger partial charge >= 0.3 is 0 Å². The first-order valence-corrected chi connectivity index (χ1v) is 13.6. The first kappa shape index (κ1) is 10.2. The normalized spacial score (nSPS) is 19.9. The van der Waals surface area contributed by atoms with Gasteiger partial charge in [-0.05, 0) is 83.8 Å². The van der Waals surface area contributed by atoms with E-state index in [0.29, 0.717) is 0 Å². The summed E-state index contributed by atoms with van der Waals surface area (Å²) in [5.41, 5.74) is -3.75. The number of hydrogen-bond acceptors (Lipinski definition) is 1. The Kier molecular flexibility index (Phi) is 2.29. The van der Waals surface area contributed by atoms with Crippen molar-refractivity contribution in [3.63, 3.8) is 0 Å². The molecule has 43 heavy (non-hydrogen) atoms. The average molecular weight is 588 g/mol. The summed E-state index contributed by atoms with van der Waals surface area (Å²) in [6, 6.07) is -19.0. The van der Waals surface area contributed by atoms with Crippen molar-refractivity contribution >= 4 is 63.8 Å². The molecule has 0 radical (unpaired) electrons. The summed E-state index contributed by atoms with van der Waals surface area (Å²) >= 11 is 0.733. The lowest BCUT2D eigenvalue weighted by atomic mass is 9.84. The lowest BCUT2D eigenvalue weighted by Crippen LogP contribution is -1.91. The van der Waals surface area contributed by atoms with Crippen molar-refractivity contribution in [2.75, 3.05) is 0 Å². The Morgan fingerprint density at radius 1 is 0.372 bits per heavy atom. The van der Waals surface area contributed by atoms with Gasteiger partial charge in [0, 0.05) is 20.2 Å². The van der Waals surface area contributed by atoms with Gasteiger partial charge in [0.2, 0.25) is 0 Å². The molecule has 9 aromatic rings. The summed E-state index contributed by atoms with van der Waals surface area (Å²) in [4.78, 5) is 0. The Labute approximate surface area is 289 Å². The third kappa shape index (κ3) is 3.82. The van der Waals surface area contributed by atoms with Crippen LogP contribution < -0.4 is 0 Å². The predicted molar refractivity (Wildman–Crippen MR) is 188 cm³/mol. The van der Waals surface area contributed by atoms with Gasteiger partial charge in [0.25, 0.3) is 0 Å². The van der Waals surface area contributed by atoms with Crippen LogP contribution >= 0.6 is 11.3 Å². The average Bonchev–Trinajstić information content (AvgIpc) is 3.72. The lowest BCUT2D eigenvalue weighted by Gasteiger charge is -2.19. The minimum atomic E-state index is -0.966. The van der Waals surface area contributed by atoms with Gasteiger partial charge in [-0.15, -0.1) is 11.3 Å². The number of fused-ring (bicyclic) bond motifs is 6. The Morgan fingerprint density at radius 2 is 0.953 bits per heavy atom. The minimum absolute atomic E-state index is 0.0370. The van der Waals surface area contributed by atoms with E-state index < -0.39 is 217 Å². The van der Waals surface area contributed by atoms with E-state index in [0.717, 1.165) is 17.4 Å². The molecule has 8 aromatic carbocycles. The third-order valence-electron chi connectivity index (χ3n) is 7.03. The second-order valence-electron chi connectivity index (χ2n) is 9.34. The zero-order valence-corrected chi connectivity index (χ0v) is 22.3. The summed E-state index contributed by atoms with van der Waals surface area (Å²) in [5.74, 6) is 0. The van der Waals surface area contributed by atoms with E-state index in [1.54, 1.807) is 0 Å². The van der Waals surface area contributed by atoms with Gasteiger partial charge in [0.1, 0.15) is 0 Å². The van der Waals surface area contributed by atoms with E-state index >= 15 is 0 Å². The molecule has 0 fully saturated rings. The molecule has 0 bridgehead atoms. The van der Waals surface area contributed by atoms with Crippen molar-refractivity contribution in [3.8, 4) is 33.4 Å². The van der Waals surface area contributed by atoms with Crippen molar-refractivity contribution < 1.29 is 34.3 Å². The molecule has 0 spiro atoms. The molecule has 0 saturated heterocycles. The highest BCUT2D eigenvalue weighted by Crippen LogP contribution is 2.45. The number of hydrogen-bond donors (Lipinski definition) is 0. The molecule has 0 atom stereocenters. The second kappa shape index (κ2) is 9.66. The van der Waals surface area contributed by atoms with Crippen LogP contribution in [0.15, 0.2) is 157 Å². The minimum Gasteiger partial charge on any atom is -0.135 e. The van der Waals surface area contributed by atoms with Crippen LogP contribution in [0.3, 0.4) is 0 Å². The van der Waals surface area contributed by atoms with Crippen molar-refractivity contribution in [1.82, 2.24) is 0 Å². The number of rotatable bonds is 3. The molecule has 0 saturated carbocycles. The van der Waals surface area contributed by atoms with Gasteiger partial charge < -0.3 is 0 Å². The molecule has 1 aromatic heterocycles. The van der Waals surface area contributed by atoms with Gasteiger partial charge in [0.15, 0.2) is 0 Å². The highest BCUT2D eigenvalue weighted by molar-refractivity contribution is 7.25. The van der Waals surface area contributed by atoms with Crippen LogP contribution in [-0.2, 0) is 0 Å². The van der Waals surface area contributed by atoms with E-state index in [4.69, 9.17) is 21.9 Å². The lowest BCUT2D eigenvalue weighted by molar-refractivity contribution is 1.64. The van der Waals surface area contributed by atoms with Crippen LogP contribution in [0.1, 0.15) is 34.3 Å². The number of thiophene rings is 1. The highest BCUT2D eigenvalue weighted by atomic mass is 32.1. The fourth-order valence-corrected chi connectivity index (χ4v) is 6.11. The van der Waals surface area contributed by atoms with Gasteiger partial charge in [-0.2, -0.15) is 0 Å². The SMILES string of the molecule is [2H]c1cc2c(-c3c([2H])c([2H])c(-c4c([2H])c([2H])c5sc6c([2H])c([2H])c([2H])c([2H])c6c5c4[2H])c([2H])c3[2H])c3c([2H])c([2H])c([2H])c([2H])c3c(-c3c([2H])c([2H])c([2H])c4c([2H])c([2H])c([2H])c([2H])c34)c2c([2H])c1[2H]. The number of benzene rings is 8. The Bertz CT molecular complexity index is 3870. The van der Waals surface area contributed by atoms with Crippen LogP contribution in [0, 0.1) is 0 Å². The van der Waals surface area contributed by atoms with Crippen molar-refractivity contribution in [2.45, 2.75) is 0 Å². The zero-order chi connectivity index (χ0) is 50.1. The zero-order valence-electron chi connectivity index (χ0n) is 46.5. The van der Waals surface area contributed by atoms with Gasteiger partial charge in [-0.25, -0.2) is 0 Å². The Morgan fingerprint density at radius 3 is 1.79 bits per heavy atom. The van der Waals surface area contributed by atoms with Crippen molar-refractivity contribution in [3.05, 3.63) is 157 Å². The molecule has 0 aliphatic carbocycles. The van der Waals surface area contributed by atoms with Crippen molar-refractivity contribution in [1.29, 1.82) is 0 Å².